The molecule has 1 saturated heterocycles. The number of hydrogen-bond donors (Lipinski definition) is 0. The first kappa shape index (κ1) is 18.1. The van der Waals surface area contributed by atoms with Crippen molar-refractivity contribution in [3.8, 4) is 0 Å². The summed E-state index contributed by atoms with van der Waals surface area (Å²) >= 11 is 2.84. The zero-order valence-electron chi connectivity index (χ0n) is 14.2. The van der Waals surface area contributed by atoms with Gasteiger partial charge in [-0.2, -0.15) is 0 Å². The van der Waals surface area contributed by atoms with Crippen LogP contribution in [0.2, 0.25) is 0 Å². The van der Waals surface area contributed by atoms with Gasteiger partial charge in [0.2, 0.25) is 0 Å². The van der Waals surface area contributed by atoms with Gasteiger partial charge in [-0.1, -0.05) is 25.5 Å². The molecule has 2 aromatic rings. The number of rotatable bonds is 8. The van der Waals surface area contributed by atoms with Gasteiger partial charge in [0.25, 0.3) is 11.1 Å². The van der Waals surface area contributed by atoms with Crippen molar-refractivity contribution in [3.63, 3.8) is 0 Å². The molecular formula is C18H21N3O2S2. The van der Waals surface area contributed by atoms with Gasteiger partial charge in [-0.25, -0.2) is 4.98 Å². The molecule has 0 atom stereocenters. The molecule has 0 aliphatic carbocycles. The van der Waals surface area contributed by atoms with Gasteiger partial charge in [0.05, 0.1) is 9.93 Å². The maximum Gasteiger partial charge on any atom is 0.293 e. The van der Waals surface area contributed by atoms with E-state index in [1.165, 1.54) is 4.90 Å². The van der Waals surface area contributed by atoms with Crippen LogP contribution in [-0.2, 0) is 4.79 Å². The summed E-state index contributed by atoms with van der Waals surface area (Å²) in [6, 6.07) is 6.07. The summed E-state index contributed by atoms with van der Waals surface area (Å²) in [4.78, 5) is 30.5. The Morgan fingerprint density at radius 3 is 3.00 bits per heavy atom. The molecule has 7 heteroatoms. The first-order chi connectivity index (χ1) is 12.2. The van der Waals surface area contributed by atoms with Gasteiger partial charge in [0.1, 0.15) is 5.65 Å². The largest absolute Gasteiger partial charge is 0.294 e. The van der Waals surface area contributed by atoms with E-state index in [0.29, 0.717) is 11.4 Å². The lowest BCUT2D eigenvalue weighted by Gasteiger charge is -2.12. The SMILES string of the molecule is CCC/C=C1/SC(=O)N(CCCCSc2cccc3nccn23)C1=O. The van der Waals surface area contributed by atoms with Crippen molar-refractivity contribution in [2.24, 2.45) is 0 Å². The Kier molecular flexibility index (Phi) is 6.20. The van der Waals surface area contributed by atoms with Gasteiger partial charge in [-0.05, 0) is 48.9 Å². The minimum Gasteiger partial charge on any atom is -0.294 e. The van der Waals surface area contributed by atoms with Crippen molar-refractivity contribution in [2.45, 2.75) is 37.6 Å². The highest BCUT2D eigenvalue weighted by atomic mass is 32.2. The number of nitrogens with zero attached hydrogens (tertiary/aromatic N) is 3. The number of aromatic nitrogens is 2. The summed E-state index contributed by atoms with van der Waals surface area (Å²) in [6.07, 6.45) is 9.23. The van der Waals surface area contributed by atoms with Crippen LogP contribution in [0.1, 0.15) is 32.6 Å². The van der Waals surface area contributed by atoms with Crippen LogP contribution in [0.25, 0.3) is 5.65 Å². The molecular weight excluding hydrogens is 354 g/mol. The van der Waals surface area contributed by atoms with Gasteiger partial charge in [0.15, 0.2) is 0 Å². The fourth-order valence-corrected chi connectivity index (χ4v) is 4.49. The number of amides is 2. The Morgan fingerprint density at radius 1 is 1.28 bits per heavy atom. The Hall–Kier alpha value is -1.73. The lowest BCUT2D eigenvalue weighted by atomic mass is 10.3. The molecule has 132 valence electrons. The minimum absolute atomic E-state index is 0.126. The van der Waals surface area contributed by atoms with Crippen LogP contribution >= 0.6 is 23.5 Å². The molecule has 1 fully saturated rings. The number of allylic oxidation sites excluding steroid dienone is 1. The highest BCUT2D eigenvalue weighted by Gasteiger charge is 2.34. The molecule has 25 heavy (non-hydrogen) atoms. The van der Waals surface area contributed by atoms with Gasteiger partial charge in [0, 0.05) is 18.9 Å². The van der Waals surface area contributed by atoms with E-state index >= 15 is 0 Å². The number of fused-ring (bicyclic) bond motifs is 1. The highest BCUT2D eigenvalue weighted by molar-refractivity contribution is 8.18. The fraction of sp³-hybridized carbons (Fsp3) is 0.389. The Morgan fingerprint density at radius 2 is 2.16 bits per heavy atom. The van der Waals surface area contributed by atoms with E-state index in [9.17, 15) is 9.59 Å². The fourth-order valence-electron chi connectivity index (χ4n) is 2.59. The standard InChI is InChI=1S/C18H21N3O2S2/c1-2-3-7-14-17(22)21(18(23)25-14)11-4-5-13-24-16-9-6-8-15-19-10-12-20(15)16/h6-10,12H,2-5,11,13H2,1H3/b14-7+. The molecule has 0 N–H and O–H groups in total. The van der Waals surface area contributed by atoms with Crippen molar-refractivity contribution < 1.29 is 9.59 Å². The summed E-state index contributed by atoms with van der Waals surface area (Å²) in [6.45, 7) is 2.56. The normalized spacial score (nSPS) is 16.5. The number of unbranched alkanes of at least 4 members (excludes halogenated alkanes) is 2. The average molecular weight is 376 g/mol. The van der Waals surface area contributed by atoms with Crippen molar-refractivity contribution >= 4 is 40.3 Å². The predicted octanol–water partition coefficient (Wildman–Crippen LogP) is 4.59. The molecule has 0 bridgehead atoms. The predicted molar refractivity (Wildman–Crippen MR) is 103 cm³/mol. The van der Waals surface area contributed by atoms with E-state index < -0.39 is 0 Å². The summed E-state index contributed by atoms with van der Waals surface area (Å²) in [7, 11) is 0. The first-order valence-electron chi connectivity index (χ1n) is 8.49. The Labute approximate surface area is 155 Å². The Bertz CT molecular complexity index is 800. The number of imidazole rings is 1. The molecule has 1 aliphatic heterocycles. The lowest BCUT2D eigenvalue weighted by molar-refractivity contribution is -0.122. The van der Waals surface area contributed by atoms with Crippen LogP contribution < -0.4 is 0 Å². The second-order valence-corrected chi connectivity index (χ2v) is 7.87. The smallest absolute Gasteiger partial charge is 0.293 e. The molecule has 0 radical (unpaired) electrons. The molecule has 2 aromatic heterocycles. The number of pyridine rings is 1. The van der Waals surface area contributed by atoms with E-state index in [1.807, 2.05) is 24.4 Å². The third kappa shape index (κ3) is 4.27. The number of thioether (sulfide) groups is 2. The minimum atomic E-state index is -0.136. The molecule has 3 rings (SSSR count). The first-order valence-corrected chi connectivity index (χ1v) is 10.3. The molecule has 0 aromatic carbocycles. The molecule has 0 saturated carbocycles. The quantitative estimate of drug-likeness (QED) is 0.384. The molecule has 3 heterocycles. The molecule has 0 unspecified atom stereocenters. The second kappa shape index (κ2) is 8.58. The van der Waals surface area contributed by atoms with Crippen LogP contribution in [-0.4, -0.2) is 37.7 Å². The average Bonchev–Trinajstić information content (AvgIpc) is 3.19. The van der Waals surface area contributed by atoms with Crippen LogP contribution in [0.5, 0.6) is 0 Å². The molecule has 5 nitrogen and oxygen atoms in total. The van der Waals surface area contributed by atoms with E-state index in [4.69, 9.17) is 0 Å². The number of hydrogen-bond acceptors (Lipinski definition) is 5. The maximum absolute atomic E-state index is 12.2. The van der Waals surface area contributed by atoms with E-state index in [-0.39, 0.29) is 11.1 Å². The number of carbonyl (C=O) groups is 2. The van der Waals surface area contributed by atoms with Crippen LogP contribution in [0, 0.1) is 0 Å². The third-order valence-electron chi connectivity index (χ3n) is 3.91. The number of imide groups is 1. The van der Waals surface area contributed by atoms with E-state index in [2.05, 4.69) is 22.4 Å². The zero-order valence-corrected chi connectivity index (χ0v) is 15.8. The molecule has 2 amide bonds. The monoisotopic (exact) mass is 375 g/mol. The highest BCUT2D eigenvalue weighted by Crippen LogP contribution is 2.31. The van der Waals surface area contributed by atoms with Crippen molar-refractivity contribution in [2.75, 3.05) is 12.3 Å². The maximum atomic E-state index is 12.2. The van der Waals surface area contributed by atoms with E-state index in [1.54, 1.807) is 18.0 Å². The van der Waals surface area contributed by atoms with Gasteiger partial charge < -0.3 is 0 Å². The summed E-state index contributed by atoms with van der Waals surface area (Å²) < 4.78 is 2.07. The van der Waals surface area contributed by atoms with Gasteiger partial charge in [-0.15, -0.1) is 11.8 Å². The lowest BCUT2D eigenvalue weighted by Crippen LogP contribution is -2.29. The Balaban J connectivity index is 1.45. The van der Waals surface area contributed by atoms with E-state index in [0.717, 1.165) is 53.9 Å². The van der Waals surface area contributed by atoms with Crippen molar-refractivity contribution in [1.82, 2.24) is 14.3 Å². The molecule has 1 aliphatic rings. The van der Waals surface area contributed by atoms with Crippen LogP contribution in [0.3, 0.4) is 0 Å². The van der Waals surface area contributed by atoms with Crippen LogP contribution in [0.15, 0.2) is 46.6 Å². The summed E-state index contributed by atoms with van der Waals surface area (Å²) in [5.41, 5.74) is 0.946. The summed E-state index contributed by atoms with van der Waals surface area (Å²) in [5, 5.41) is 1.02. The third-order valence-corrected chi connectivity index (χ3v) is 5.99. The zero-order chi connectivity index (χ0) is 17.6. The van der Waals surface area contributed by atoms with Gasteiger partial charge in [-0.3, -0.25) is 18.9 Å². The number of carbonyl (C=O) groups excluding carboxylic acids is 2. The van der Waals surface area contributed by atoms with Crippen molar-refractivity contribution in [1.29, 1.82) is 0 Å². The summed E-state index contributed by atoms with van der Waals surface area (Å²) in [5.74, 6) is 0.818. The van der Waals surface area contributed by atoms with Crippen LogP contribution in [0.4, 0.5) is 4.79 Å². The van der Waals surface area contributed by atoms with Gasteiger partial charge >= 0.3 is 0 Å². The molecule has 0 spiro atoms. The van der Waals surface area contributed by atoms with Crippen molar-refractivity contribution in [3.05, 3.63) is 41.6 Å². The second-order valence-electron chi connectivity index (χ2n) is 5.76. The topological polar surface area (TPSA) is 54.7 Å².